The van der Waals surface area contributed by atoms with E-state index >= 15 is 0 Å². The average molecular weight is 286 g/mol. The monoisotopic (exact) mass is 286 g/mol. The molecular weight excluding hydrogens is 260 g/mol. The number of nitrogens with zero attached hydrogens (tertiary/aromatic N) is 1. The van der Waals surface area contributed by atoms with E-state index in [1.807, 2.05) is 6.92 Å². The van der Waals surface area contributed by atoms with Crippen LogP contribution in [0.25, 0.3) is 0 Å². The normalized spacial score (nSPS) is 22.8. The molecule has 0 heterocycles. The smallest absolute Gasteiger partial charge is 0.317 e. The van der Waals surface area contributed by atoms with Gasteiger partial charge in [-0.05, 0) is 32.1 Å². The van der Waals surface area contributed by atoms with Crippen molar-refractivity contribution in [1.29, 1.82) is 0 Å². The molecule has 0 radical (unpaired) electrons. The molecule has 0 saturated heterocycles. The molecule has 1 aliphatic carbocycles. The van der Waals surface area contributed by atoms with Gasteiger partial charge in [0.25, 0.3) is 0 Å². The number of carbonyl (C=O) groups is 2. The van der Waals surface area contributed by atoms with E-state index in [-0.39, 0.29) is 12.6 Å². The van der Waals surface area contributed by atoms with Crippen molar-refractivity contribution in [2.45, 2.75) is 39.2 Å². The summed E-state index contributed by atoms with van der Waals surface area (Å²) in [5.74, 6) is -0.805. The first-order valence-corrected chi connectivity index (χ1v) is 7.27. The Kier molecular flexibility index (Phi) is 6.78. The number of hydrogen-bond acceptors (Lipinski definition) is 3. The second-order valence-electron chi connectivity index (χ2n) is 5.56. The maximum atomic E-state index is 11.8. The summed E-state index contributed by atoms with van der Waals surface area (Å²) in [6.45, 7) is 5.21. The van der Waals surface area contributed by atoms with Gasteiger partial charge in [0, 0.05) is 26.7 Å². The first-order valence-electron chi connectivity index (χ1n) is 7.27. The van der Waals surface area contributed by atoms with Crippen LogP contribution in [0.1, 0.15) is 33.1 Å². The number of rotatable bonds is 8. The molecule has 2 amide bonds. The van der Waals surface area contributed by atoms with E-state index in [9.17, 15) is 9.59 Å². The fraction of sp³-hybridized carbons (Fsp3) is 0.857. The molecule has 0 aromatic carbocycles. The predicted molar refractivity (Wildman–Crippen MR) is 75.6 cm³/mol. The number of carbonyl (C=O) groups excluding carboxylic acids is 1. The van der Waals surface area contributed by atoms with Gasteiger partial charge in [-0.15, -0.1) is 0 Å². The molecule has 1 fully saturated rings. The van der Waals surface area contributed by atoms with E-state index < -0.39 is 11.9 Å². The van der Waals surface area contributed by atoms with E-state index in [0.717, 1.165) is 25.9 Å². The van der Waals surface area contributed by atoms with E-state index in [0.29, 0.717) is 18.6 Å². The topological polar surface area (TPSA) is 78.9 Å². The number of urea groups is 1. The number of nitrogens with one attached hydrogen (secondary N) is 1. The summed E-state index contributed by atoms with van der Waals surface area (Å²) < 4.78 is 5.49. The molecule has 0 bridgehead atoms. The van der Waals surface area contributed by atoms with Crippen LogP contribution in [0.15, 0.2) is 0 Å². The van der Waals surface area contributed by atoms with Gasteiger partial charge in [-0.3, -0.25) is 4.79 Å². The standard InChI is InChI=1S/C14H26N2O4/c1-4-20-12-7-11(8-12)5-6-15-14(19)16(3)9-10(2)13(17)18/h10-12H,4-9H2,1-3H3,(H,15,19)(H,17,18). The minimum absolute atomic E-state index is 0.209. The molecule has 1 aliphatic rings. The molecule has 6 nitrogen and oxygen atoms in total. The Morgan fingerprint density at radius 1 is 1.45 bits per heavy atom. The highest BCUT2D eigenvalue weighted by molar-refractivity contribution is 5.75. The van der Waals surface area contributed by atoms with Crippen molar-refractivity contribution in [3.63, 3.8) is 0 Å². The van der Waals surface area contributed by atoms with Gasteiger partial charge in [-0.25, -0.2) is 4.79 Å². The van der Waals surface area contributed by atoms with Crippen LogP contribution in [0.3, 0.4) is 0 Å². The summed E-state index contributed by atoms with van der Waals surface area (Å²) in [7, 11) is 1.61. The Hall–Kier alpha value is -1.30. The van der Waals surface area contributed by atoms with Crippen LogP contribution in [-0.4, -0.2) is 54.9 Å². The fourth-order valence-electron chi connectivity index (χ4n) is 2.37. The molecule has 20 heavy (non-hydrogen) atoms. The van der Waals surface area contributed by atoms with Gasteiger partial charge in [0.2, 0.25) is 0 Å². The van der Waals surface area contributed by atoms with Crippen molar-refractivity contribution in [2.24, 2.45) is 11.8 Å². The van der Waals surface area contributed by atoms with Crippen molar-refractivity contribution in [1.82, 2.24) is 10.2 Å². The summed E-state index contributed by atoms with van der Waals surface area (Å²) in [5.41, 5.74) is 0. The zero-order valence-electron chi connectivity index (χ0n) is 12.6. The largest absolute Gasteiger partial charge is 0.481 e. The third kappa shape index (κ3) is 5.36. The molecule has 0 aliphatic heterocycles. The van der Waals surface area contributed by atoms with E-state index in [4.69, 9.17) is 9.84 Å². The van der Waals surface area contributed by atoms with Crippen LogP contribution in [0.5, 0.6) is 0 Å². The lowest BCUT2D eigenvalue weighted by Gasteiger charge is -2.35. The van der Waals surface area contributed by atoms with Crippen LogP contribution in [0, 0.1) is 11.8 Å². The first kappa shape index (κ1) is 16.8. The molecular formula is C14H26N2O4. The quantitative estimate of drug-likeness (QED) is 0.709. The predicted octanol–water partition coefficient (Wildman–Crippen LogP) is 1.55. The third-order valence-corrected chi connectivity index (χ3v) is 3.74. The summed E-state index contributed by atoms with van der Waals surface area (Å²) in [5, 5.41) is 11.6. The van der Waals surface area contributed by atoms with Crippen LogP contribution in [0.2, 0.25) is 0 Å². The van der Waals surface area contributed by atoms with Gasteiger partial charge in [-0.2, -0.15) is 0 Å². The molecule has 1 atom stereocenters. The molecule has 116 valence electrons. The summed E-state index contributed by atoms with van der Waals surface area (Å²) >= 11 is 0. The molecule has 0 spiro atoms. The maximum Gasteiger partial charge on any atom is 0.317 e. The van der Waals surface area contributed by atoms with Gasteiger partial charge in [0.05, 0.1) is 12.0 Å². The zero-order valence-corrected chi connectivity index (χ0v) is 12.6. The van der Waals surface area contributed by atoms with E-state index in [2.05, 4.69) is 5.32 Å². The van der Waals surface area contributed by atoms with Crippen molar-refractivity contribution in [3.05, 3.63) is 0 Å². The molecule has 2 N–H and O–H groups in total. The summed E-state index contributed by atoms with van der Waals surface area (Å²) in [4.78, 5) is 23.9. The lowest BCUT2D eigenvalue weighted by molar-refractivity contribution is -0.141. The second kappa shape index (κ2) is 8.09. The SMILES string of the molecule is CCOC1CC(CCNC(=O)N(C)CC(C)C(=O)O)C1. The van der Waals surface area contributed by atoms with Gasteiger partial charge in [0.15, 0.2) is 0 Å². The minimum Gasteiger partial charge on any atom is -0.481 e. The third-order valence-electron chi connectivity index (χ3n) is 3.74. The van der Waals surface area contributed by atoms with Gasteiger partial charge in [-0.1, -0.05) is 6.92 Å². The number of hydrogen-bond donors (Lipinski definition) is 2. The zero-order chi connectivity index (χ0) is 15.1. The Labute approximate surface area is 120 Å². The number of ether oxygens (including phenoxy) is 1. The average Bonchev–Trinajstić information content (AvgIpc) is 2.35. The number of carboxylic acid groups (broad SMARTS) is 1. The highest BCUT2D eigenvalue weighted by atomic mass is 16.5. The Bertz CT molecular complexity index is 329. The van der Waals surface area contributed by atoms with Crippen LogP contribution < -0.4 is 5.32 Å². The van der Waals surface area contributed by atoms with Crippen LogP contribution >= 0.6 is 0 Å². The van der Waals surface area contributed by atoms with Crippen molar-refractivity contribution in [3.8, 4) is 0 Å². The van der Waals surface area contributed by atoms with Crippen molar-refractivity contribution in [2.75, 3.05) is 26.7 Å². The van der Waals surface area contributed by atoms with Crippen LogP contribution in [-0.2, 0) is 9.53 Å². The lowest BCUT2D eigenvalue weighted by Crippen LogP contribution is -2.42. The molecule has 6 heteroatoms. The molecule has 1 rings (SSSR count). The number of carboxylic acids is 1. The number of aliphatic carboxylic acids is 1. The first-order chi connectivity index (χ1) is 9.43. The molecule has 1 saturated carbocycles. The lowest BCUT2D eigenvalue weighted by atomic mass is 9.80. The highest BCUT2D eigenvalue weighted by Crippen LogP contribution is 2.32. The molecule has 0 aromatic heterocycles. The van der Waals surface area contributed by atoms with Gasteiger partial charge in [0.1, 0.15) is 0 Å². The maximum absolute atomic E-state index is 11.8. The Balaban J connectivity index is 2.10. The van der Waals surface area contributed by atoms with Gasteiger partial charge >= 0.3 is 12.0 Å². The van der Waals surface area contributed by atoms with E-state index in [1.54, 1.807) is 14.0 Å². The fourth-order valence-corrected chi connectivity index (χ4v) is 2.37. The van der Waals surface area contributed by atoms with Crippen molar-refractivity contribution < 1.29 is 19.4 Å². The minimum atomic E-state index is -0.888. The molecule has 0 aromatic rings. The highest BCUT2D eigenvalue weighted by Gasteiger charge is 2.29. The Morgan fingerprint density at radius 3 is 2.65 bits per heavy atom. The van der Waals surface area contributed by atoms with Crippen LogP contribution in [0.4, 0.5) is 4.79 Å². The Morgan fingerprint density at radius 2 is 2.10 bits per heavy atom. The summed E-state index contributed by atoms with van der Waals surface area (Å²) in [6, 6.07) is -0.209. The molecule has 1 unspecified atom stereocenters. The van der Waals surface area contributed by atoms with Crippen molar-refractivity contribution >= 4 is 12.0 Å². The summed E-state index contributed by atoms with van der Waals surface area (Å²) in [6.07, 6.45) is 3.52. The number of amides is 2. The van der Waals surface area contributed by atoms with E-state index in [1.165, 1.54) is 4.90 Å². The second-order valence-corrected chi connectivity index (χ2v) is 5.56. The van der Waals surface area contributed by atoms with Gasteiger partial charge < -0.3 is 20.1 Å².